The molecular weight excluding hydrogens is 182 g/mol. The van der Waals surface area contributed by atoms with Crippen LogP contribution in [0.3, 0.4) is 0 Å². The predicted molar refractivity (Wildman–Crippen MR) is 59.5 cm³/mol. The first-order chi connectivity index (χ1) is 6.27. The van der Waals surface area contributed by atoms with E-state index in [1.54, 1.807) is 13.3 Å². The molecule has 0 saturated carbocycles. The largest absolute Gasteiger partial charge is 0.497 e. The third-order valence-corrected chi connectivity index (χ3v) is 1.97. The summed E-state index contributed by atoms with van der Waals surface area (Å²) in [6.45, 7) is 3.36. The number of thiol groups is 1. The zero-order valence-electron chi connectivity index (χ0n) is 7.40. The monoisotopic (exact) mass is 193 g/mol. The van der Waals surface area contributed by atoms with Crippen LogP contribution in [-0.4, -0.2) is 13.8 Å². The van der Waals surface area contributed by atoms with Crippen molar-refractivity contribution >= 4 is 24.3 Å². The highest BCUT2D eigenvalue weighted by atomic mass is 32.1. The second-order valence-electron chi connectivity index (χ2n) is 2.43. The van der Waals surface area contributed by atoms with Crippen LogP contribution in [0.4, 0.5) is 0 Å². The normalized spacial score (nSPS) is 11.1. The van der Waals surface area contributed by atoms with Crippen LogP contribution in [0, 0.1) is 0 Å². The van der Waals surface area contributed by atoms with Crippen molar-refractivity contribution in [3.63, 3.8) is 0 Å². The molecule has 1 aromatic carbocycles. The Morgan fingerprint density at radius 3 is 2.54 bits per heavy atom. The molecule has 68 valence electrons. The summed E-state index contributed by atoms with van der Waals surface area (Å²) in [6.07, 6.45) is 1.60. The van der Waals surface area contributed by atoms with Gasteiger partial charge in [-0.25, -0.2) is 0 Å². The molecule has 2 nitrogen and oxygen atoms in total. The van der Waals surface area contributed by atoms with Crippen LogP contribution in [0.2, 0.25) is 0 Å². The maximum atomic E-state index is 5.03. The molecule has 1 aromatic rings. The summed E-state index contributed by atoms with van der Waals surface area (Å²) in [4.78, 5) is 4.42. The molecular formula is C10H11NOS. The Bertz CT molecular complexity index is 316. The Morgan fingerprint density at radius 2 is 2.08 bits per heavy atom. The second-order valence-corrected chi connectivity index (χ2v) is 2.91. The van der Waals surface area contributed by atoms with Crippen LogP contribution in [0.25, 0.3) is 4.91 Å². The first kappa shape index (κ1) is 9.86. The molecule has 0 N–H and O–H groups in total. The van der Waals surface area contributed by atoms with Gasteiger partial charge in [-0.15, -0.1) is 12.6 Å². The van der Waals surface area contributed by atoms with E-state index in [-0.39, 0.29) is 0 Å². The average Bonchev–Trinajstić information content (AvgIpc) is 2.18. The number of rotatable bonds is 3. The summed E-state index contributed by atoms with van der Waals surface area (Å²) in [7, 11) is 1.64. The van der Waals surface area contributed by atoms with Gasteiger partial charge in [0.2, 0.25) is 0 Å². The Morgan fingerprint density at radius 1 is 1.46 bits per heavy atom. The van der Waals surface area contributed by atoms with E-state index in [0.717, 1.165) is 16.2 Å². The highest BCUT2D eigenvalue weighted by Crippen LogP contribution is 2.20. The van der Waals surface area contributed by atoms with Gasteiger partial charge in [-0.05, 0) is 24.4 Å². The lowest BCUT2D eigenvalue weighted by atomic mass is 10.2. The van der Waals surface area contributed by atoms with Crippen LogP contribution in [0.5, 0.6) is 5.75 Å². The minimum absolute atomic E-state index is 0.789. The minimum atomic E-state index is 0.789. The molecule has 13 heavy (non-hydrogen) atoms. The zero-order valence-corrected chi connectivity index (χ0v) is 8.29. The molecule has 0 fully saturated rings. The molecule has 0 aliphatic carbocycles. The number of hydrogen-bond acceptors (Lipinski definition) is 3. The highest BCUT2D eigenvalue weighted by molar-refractivity contribution is 7.90. The van der Waals surface area contributed by atoms with E-state index in [4.69, 9.17) is 4.74 Å². The second kappa shape index (κ2) is 4.72. The number of hydrogen-bond donors (Lipinski definition) is 1. The summed E-state index contributed by atoms with van der Waals surface area (Å²) in [5.74, 6) is 0.830. The number of nitrogens with zero attached hydrogens (tertiary/aromatic N) is 1. The van der Waals surface area contributed by atoms with Crippen molar-refractivity contribution in [1.29, 1.82) is 0 Å². The van der Waals surface area contributed by atoms with E-state index < -0.39 is 0 Å². The van der Waals surface area contributed by atoms with Gasteiger partial charge in [0.1, 0.15) is 5.75 Å². The van der Waals surface area contributed by atoms with E-state index in [1.807, 2.05) is 24.3 Å². The SMILES string of the molecule is C=N/C=C(\S)c1ccc(OC)cc1. The van der Waals surface area contributed by atoms with Gasteiger partial charge < -0.3 is 4.74 Å². The molecule has 0 aliphatic rings. The Labute approximate surface area is 83.4 Å². The van der Waals surface area contributed by atoms with Crippen molar-refractivity contribution in [3.8, 4) is 5.75 Å². The Kier molecular flexibility index (Phi) is 3.58. The molecule has 0 bridgehead atoms. The molecule has 0 unspecified atom stereocenters. The van der Waals surface area contributed by atoms with Crippen molar-refractivity contribution in [2.45, 2.75) is 0 Å². The molecule has 0 aromatic heterocycles. The Hall–Kier alpha value is -1.22. The summed E-state index contributed by atoms with van der Waals surface area (Å²) < 4.78 is 5.03. The Balaban J connectivity index is 2.91. The fourth-order valence-corrected chi connectivity index (χ4v) is 1.15. The fourth-order valence-electron chi connectivity index (χ4n) is 0.923. The molecule has 3 heteroatoms. The third-order valence-electron chi connectivity index (χ3n) is 1.60. The lowest BCUT2D eigenvalue weighted by Crippen LogP contribution is -1.82. The van der Waals surface area contributed by atoms with Gasteiger partial charge in [0.25, 0.3) is 0 Å². The molecule has 0 radical (unpaired) electrons. The number of benzene rings is 1. The standard InChI is InChI=1S/C10H11NOS/c1-11-7-10(13)8-3-5-9(12-2)6-4-8/h3-7,13H,1H2,2H3/b10-7-. The summed E-state index contributed by atoms with van der Waals surface area (Å²) >= 11 is 4.25. The maximum Gasteiger partial charge on any atom is 0.118 e. The predicted octanol–water partition coefficient (Wildman–Crippen LogP) is 2.62. The van der Waals surface area contributed by atoms with Gasteiger partial charge in [-0.2, -0.15) is 0 Å². The topological polar surface area (TPSA) is 21.6 Å². The smallest absolute Gasteiger partial charge is 0.118 e. The first-order valence-corrected chi connectivity index (χ1v) is 4.22. The molecule has 0 spiro atoms. The van der Waals surface area contributed by atoms with Gasteiger partial charge in [-0.3, -0.25) is 4.99 Å². The summed E-state index contributed by atoms with van der Waals surface area (Å²) in [6, 6.07) is 7.59. The summed E-state index contributed by atoms with van der Waals surface area (Å²) in [5, 5.41) is 0. The van der Waals surface area contributed by atoms with Crippen molar-refractivity contribution < 1.29 is 4.74 Å². The molecule has 1 rings (SSSR count). The van der Waals surface area contributed by atoms with Crippen molar-refractivity contribution in [2.24, 2.45) is 4.99 Å². The number of ether oxygens (including phenoxy) is 1. The lowest BCUT2D eigenvalue weighted by Gasteiger charge is -2.01. The first-order valence-electron chi connectivity index (χ1n) is 3.77. The van der Waals surface area contributed by atoms with E-state index >= 15 is 0 Å². The van der Waals surface area contributed by atoms with E-state index in [0.29, 0.717) is 0 Å². The number of methoxy groups -OCH3 is 1. The lowest BCUT2D eigenvalue weighted by molar-refractivity contribution is 0.415. The average molecular weight is 193 g/mol. The molecule has 0 atom stereocenters. The van der Waals surface area contributed by atoms with Gasteiger partial charge in [0.05, 0.1) is 7.11 Å². The molecule has 0 aliphatic heterocycles. The minimum Gasteiger partial charge on any atom is -0.497 e. The van der Waals surface area contributed by atoms with Crippen LogP contribution in [0.1, 0.15) is 5.56 Å². The van der Waals surface area contributed by atoms with E-state index in [2.05, 4.69) is 24.3 Å². The van der Waals surface area contributed by atoms with Crippen molar-refractivity contribution in [3.05, 3.63) is 36.0 Å². The van der Waals surface area contributed by atoms with Crippen molar-refractivity contribution in [2.75, 3.05) is 7.11 Å². The zero-order chi connectivity index (χ0) is 9.68. The highest BCUT2D eigenvalue weighted by Gasteiger charge is 1.95. The van der Waals surface area contributed by atoms with Crippen LogP contribution in [-0.2, 0) is 0 Å². The van der Waals surface area contributed by atoms with E-state index in [9.17, 15) is 0 Å². The van der Waals surface area contributed by atoms with Crippen LogP contribution < -0.4 is 4.74 Å². The van der Waals surface area contributed by atoms with Crippen LogP contribution in [0.15, 0.2) is 35.5 Å². The van der Waals surface area contributed by atoms with Gasteiger partial charge in [0.15, 0.2) is 0 Å². The fraction of sp³-hybridized carbons (Fsp3) is 0.100. The maximum absolute atomic E-state index is 5.03. The third kappa shape index (κ3) is 2.63. The summed E-state index contributed by atoms with van der Waals surface area (Å²) in [5.41, 5.74) is 0.997. The van der Waals surface area contributed by atoms with Gasteiger partial charge >= 0.3 is 0 Å². The van der Waals surface area contributed by atoms with Crippen LogP contribution >= 0.6 is 12.6 Å². The molecule has 0 heterocycles. The molecule has 0 amide bonds. The van der Waals surface area contributed by atoms with Gasteiger partial charge in [0, 0.05) is 11.1 Å². The van der Waals surface area contributed by atoms with Gasteiger partial charge in [-0.1, -0.05) is 12.1 Å². The quantitative estimate of drug-likeness (QED) is 0.578. The molecule has 0 saturated heterocycles. The van der Waals surface area contributed by atoms with Crippen molar-refractivity contribution in [1.82, 2.24) is 0 Å². The number of aliphatic imine (C=N–C) groups is 1. The van der Waals surface area contributed by atoms with E-state index in [1.165, 1.54) is 0 Å².